The second kappa shape index (κ2) is 8.01. The summed E-state index contributed by atoms with van der Waals surface area (Å²) in [5.41, 5.74) is 7.84. The quantitative estimate of drug-likeness (QED) is 0.429. The van der Waals surface area contributed by atoms with Crippen LogP contribution < -0.4 is 15.8 Å². The van der Waals surface area contributed by atoms with Crippen LogP contribution in [-0.2, 0) is 6.54 Å². The van der Waals surface area contributed by atoms with Gasteiger partial charge < -0.3 is 20.9 Å². The van der Waals surface area contributed by atoms with Gasteiger partial charge in [0.1, 0.15) is 17.0 Å². The van der Waals surface area contributed by atoms with Crippen molar-refractivity contribution in [3.05, 3.63) is 53.4 Å². The number of hydrogen-bond acceptors (Lipinski definition) is 7. The summed E-state index contributed by atoms with van der Waals surface area (Å²) in [6, 6.07) is 6.77. The van der Waals surface area contributed by atoms with E-state index in [0.717, 1.165) is 0 Å². The van der Waals surface area contributed by atoms with Crippen molar-refractivity contribution in [3.63, 3.8) is 0 Å². The molecule has 0 bridgehead atoms. The van der Waals surface area contributed by atoms with Gasteiger partial charge in [0.05, 0.1) is 25.9 Å². The maximum atomic E-state index is 13.1. The van der Waals surface area contributed by atoms with E-state index in [0.29, 0.717) is 33.4 Å². The molecule has 0 saturated heterocycles. The van der Waals surface area contributed by atoms with E-state index in [2.05, 4.69) is 20.5 Å². The SMILES string of the molecule is COc1ccc(Cl)cc1-c1nn(CCO)cc1NC(=O)c1c(N)nn2cccnc12. The van der Waals surface area contributed by atoms with Gasteiger partial charge in [0, 0.05) is 29.2 Å². The van der Waals surface area contributed by atoms with Gasteiger partial charge in [-0.3, -0.25) is 9.48 Å². The average Bonchev–Trinajstić information content (AvgIpc) is 3.27. The number of nitrogens with two attached hydrogens (primary N) is 1. The van der Waals surface area contributed by atoms with Crippen LogP contribution in [0.25, 0.3) is 16.9 Å². The van der Waals surface area contributed by atoms with Crippen molar-refractivity contribution < 1.29 is 14.6 Å². The van der Waals surface area contributed by atoms with Gasteiger partial charge in [-0.15, -0.1) is 5.10 Å². The Morgan fingerprint density at radius 2 is 2.20 bits per heavy atom. The highest BCUT2D eigenvalue weighted by Gasteiger charge is 2.23. The number of ether oxygens (including phenoxy) is 1. The number of benzene rings is 1. The summed E-state index contributed by atoms with van der Waals surface area (Å²) < 4.78 is 8.37. The summed E-state index contributed by atoms with van der Waals surface area (Å²) in [4.78, 5) is 17.2. The Kier molecular flexibility index (Phi) is 5.25. The van der Waals surface area contributed by atoms with E-state index in [-0.39, 0.29) is 24.5 Å². The number of aliphatic hydroxyl groups is 1. The number of carbonyl (C=O) groups excluding carboxylic acids is 1. The van der Waals surface area contributed by atoms with E-state index in [4.69, 9.17) is 22.1 Å². The Hall–Kier alpha value is -3.63. The van der Waals surface area contributed by atoms with Crippen LogP contribution in [0.1, 0.15) is 10.4 Å². The smallest absolute Gasteiger partial charge is 0.263 e. The highest BCUT2D eigenvalue weighted by molar-refractivity contribution is 6.31. The summed E-state index contributed by atoms with van der Waals surface area (Å²) in [5, 5.41) is 21.2. The number of aromatic nitrogens is 5. The highest BCUT2D eigenvalue weighted by Crippen LogP contribution is 2.36. The summed E-state index contributed by atoms with van der Waals surface area (Å²) in [6.45, 7) is 0.123. The summed E-state index contributed by atoms with van der Waals surface area (Å²) in [6.07, 6.45) is 4.81. The minimum absolute atomic E-state index is 0.0517. The zero-order valence-electron chi connectivity index (χ0n) is 15.9. The summed E-state index contributed by atoms with van der Waals surface area (Å²) in [5.74, 6) is 0.0872. The maximum absolute atomic E-state index is 13.1. The molecule has 30 heavy (non-hydrogen) atoms. The largest absolute Gasteiger partial charge is 0.496 e. The van der Waals surface area contributed by atoms with Crippen molar-refractivity contribution in [2.45, 2.75) is 6.54 Å². The molecule has 0 saturated carbocycles. The Morgan fingerprint density at radius 1 is 1.37 bits per heavy atom. The van der Waals surface area contributed by atoms with Gasteiger partial charge in [0.15, 0.2) is 11.5 Å². The number of nitrogen functional groups attached to an aromatic ring is 1. The molecule has 0 radical (unpaired) electrons. The number of anilines is 2. The molecule has 11 heteroatoms. The lowest BCUT2D eigenvalue weighted by Gasteiger charge is -2.09. The van der Waals surface area contributed by atoms with Gasteiger partial charge in [-0.05, 0) is 24.3 Å². The van der Waals surface area contributed by atoms with Crippen molar-refractivity contribution in [2.24, 2.45) is 0 Å². The third kappa shape index (κ3) is 3.53. The predicted molar refractivity (Wildman–Crippen MR) is 112 cm³/mol. The molecule has 0 atom stereocenters. The van der Waals surface area contributed by atoms with E-state index >= 15 is 0 Å². The minimum Gasteiger partial charge on any atom is -0.496 e. The van der Waals surface area contributed by atoms with Crippen molar-refractivity contribution in [2.75, 3.05) is 24.8 Å². The van der Waals surface area contributed by atoms with Gasteiger partial charge in [0.2, 0.25) is 0 Å². The number of halogens is 1. The fraction of sp³-hybridized carbons (Fsp3) is 0.158. The third-order valence-corrected chi connectivity index (χ3v) is 4.64. The molecular formula is C19H18ClN7O3. The lowest BCUT2D eigenvalue weighted by molar-refractivity contribution is 0.102. The molecule has 4 N–H and O–H groups in total. The molecule has 10 nitrogen and oxygen atoms in total. The molecule has 4 rings (SSSR count). The molecule has 1 aromatic carbocycles. The Balaban J connectivity index is 1.78. The zero-order chi connectivity index (χ0) is 21.3. The average molecular weight is 428 g/mol. The number of carbonyl (C=O) groups is 1. The molecular weight excluding hydrogens is 410 g/mol. The standard InChI is InChI=1S/C19H18ClN7O3/c1-30-14-4-3-11(20)9-12(14)16-13(10-26(24-16)7-8-28)23-19(29)15-17(21)25-27-6-2-5-22-18(15)27/h2-6,9-10,28H,7-8H2,1H3,(H2,21,25)(H,23,29). The lowest BCUT2D eigenvalue weighted by atomic mass is 10.1. The minimum atomic E-state index is -0.494. The van der Waals surface area contributed by atoms with Crippen LogP contribution in [0.3, 0.4) is 0 Å². The molecule has 0 aliphatic rings. The number of hydrogen-bond donors (Lipinski definition) is 3. The second-order valence-electron chi connectivity index (χ2n) is 6.32. The zero-order valence-corrected chi connectivity index (χ0v) is 16.7. The topological polar surface area (TPSA) is 133 Å². The lowest BCUT2D eigenvalue weighted by Crippen LogP contribution is -2.14. The molecule has 3 aromatic heterocycles. The molecule has 0 spiro atoms. The monoisotopic (exact) mass is 427 g/mol. The molecule has 1 amide bonds. The van der Waals surface area contributed by atoms with Gasteiger partial charge in [0.25, 0.3) is 5.91 Å². The fourth-order valence-electron chi connectivity index (χ4n) is 3.10. The second-order valence-corrected chi connectivity index (χ2v) is 6.76. The van der Waals surface area contributed by atoms with Crippen LogP contribution in [-0.4, -0.2) is 49.1 Å². The van der Waals surface area contributed by atoms with Crippen LogP contribution in [0.4, 0.5) is 11.5 Å². The number of nitrogens with zero attached hydrogens (tertiary/aromatic N) is 5. The maximum Gasteiger partial charge on any atom is 0.263 e. The van der Waals surface area contributed by atoms with Crippen molar-refractivity contribution in [1.29, 1.82) is 0 Å². The highest BCUT2D eigenvalue weighted by atomic mass is 35.5. The van der Waals surface area contributed by atoms with Crippen LogP contribution in [0.2, 0.25) is 5.02 Å². The van der Waals surface area contributed by atoms with Crippen LogP contribution in [0, 0.1) is 0 Å². The molecule has 3 heterocycles. The molecule has 0 aliphatic heterocycles. The summed E-state index contributed by atoms with van der Waals surface area (Å²) in [7, 11) is 1.53. The van der Waals surface area contributed by atoms with Crippen LogP contribution >= 0.6 is 11.6 Å². The molecule has 0 aliphatic carbocycles. The Morgan fingerprint density at radius 3 is 2.97 bits per heavy atom. The van der Waals surface area contributed by atoms with Crippen LogP contribution in [0.5, 0.6) is 5.75 Å². The Labute approximate surface area is 175 Å². The number of fused-ring (bicyclic) bond motifs is 1. The first-order valence-corrected chi connectivity index (χ1v) is 9.32. The van der Waals surface area contributed by atoms with Gasteiger partial charge in [-0.1, -0.05) is 11.6 Å². The van der Waals surface area contributed by atoms with E-state index in [1.807, 2.05) is 0 Å². The first kappa shape index (κ1) is 19.7. The number of nitrogens with one attached hydrogen (secondary N) is 1. The van der Waals surface area contributed by atoms with Crippen molar-refractivity contribution >= 4 is 34.7 Å². The first-order valence-electron chi connectivity index (χ1n) is 8.94. The van der Waals surface area contributed by atoms with E-state index in [1.165, 1.54) is 16.3 Å². The van der Waals surface area contributed by atoms with Crippen LogP contribution in [0.15, 0.2) is 42.9 Å². The fourth-order valence-corrected chi connectivity index (χ4v) is 3.27. The molecule has 0 unspecified atom stereocenters. The summed E-state index contributed by atoms with van der Waals surface area (Å²) >= 11 is 6.16. The van der Waals surface area contributed by atoms with Gasteiger partial charge in [-0.25, -0.2) is 9.50 Å². The van der Waals surface area contributed by atoms with E-state index in [1.54, 1.807) is 42.9 Å². The normalized spacial score (nSPS) is 11.0. The molecule has 0 fully saturated rings. The van der Waals surface area contributed by atoms with Gasteiger partial charge >= 0.3 is 0 Å². The van der Waals surface area contributed by atoms with Crippen molar-refractivity contribution in [1.82, 2.24) is 24.4 Å². The number of amides is 1. The van der Waals surface area contributed by atoms with E-state index in [9.17, 15) is 9.90 Å². The predicted octanol–water partition coefficient (Wildman–Crippen LogP) is 2.08. The van der Waals surface area contributed by atoms with E-state index < -0.39 is 5.91 Å². The number of aliphatic hydroxyl groups excluding tert-OH is 1. The number of methoxy groups -OCH3 is 1. The number of rotatable bonds is 6. The van der Waals surface area contributed by atoms with Gasteiger partial charge in [-0.2, -0.15) is 5.10 Å². The first-order chi connectivity index (χ1) is 14.5. The molecule has 4 aromatic rings. The third-order valence-electron chi connectivity index (χ3n) is 4.41. The Bertz CT molecular complexity index is 1230. The molecule has 154 valence electrons. The van der Waals surface area contributed by atoms with Crippen molar-refractivity contribution in [3.8, 4) is 17.0 Å².